The van der Waals surface area contributed by atoms with Gasteiger partial charge in [0.1, 0.15) is 23.1 Å². The number of rotatable bonds is 10. The summed E-state index contributed by atoms with van der Waals surface area (Å²) in [6, 6.07) is 29.3. The van der Waals surface area contributed by atoms with Gasteiger partial charge < -0.3 is 14.6 Å². The average molecular weight is 699 g/mol. The highest BCUT2D eigenvalue weighted by Gasteiger charge is 2.13. The second-order valence-electron chi connectivity index (χ2n) is 11.0. The number of hydrogen-bond acceptors (Lipinski definition) is 7. The van der Waals surface area contributed by atoms with E-state index in [1.165, 1.54) is 51.8 Å². The van der Waals surface area contributed by atoms with Gasteiger partial charge in [0, 0.05) is 0 Å². The molecule has 0 spiro atoms. The fourth-order valence-electron chi connectivity index (χ4n) is 5.03. The summed E-state index contributed by atoms with van der Waals surface area (Å²) in [6.45, 7) is 0.268. The summed E-state index contributed by atoms with van der Waals surface area (Å²) < 4.78 is 39.2. The molecule has 0 fully saturated rings. The zero-order valence-electron chi connectivity index (χ0n) is 27.2. The molecule has 256 valence electrons. The molecule has 0 unspecified atom stereocenters. The van der Waals surface area contributed by atoms with Gasteiger partial charge in [-0.3, -0.25) is 9.59 Å². The largest absolute Gasteiger partial charge is 0.497 e. The van der Waals surface area contributed by atoms with Crippen LogP contribution in [0, 0.1) is 11.6 Å². The van der Waals surface area contributed by atoms with Crippen molar-refractivity contribution in [3.05, 3.63) is 164 Å². The molecule has 2 aromatic heterocycles. The molecular weight excluding hydrogens is 666 g/mol. The molecule has 0 saturated heterocycles. The molecule has 12 heteroatoms. The van der Waals surface area contributed by atoms with E-state index >= 15 is 0 Å². The van der Waals surface area contributed by atoms with Gasteiger partial charge in [-0.1, -0.05) is 48.5 Å². The standard InChI is InChI=1S/C19H16ClFN2O2.C19H17FN2O3/c1-25-17-8-2-13(3-9-17)12-23-19(24)18(10-16(11-20)22-23)14-4-6-15(21)7-5-14;1-25-17-8-2-13(3-9-17)11-22-19(24)18(10-16(12-23)21-22)14-4-6-15(20)7-5-14/h2-10H,11-12H2,1H3;2-10,23H,11-12H2,1H3. The Morgan fingerprint density at radius 2 is 1.00 bits per heavy atom. The highest BCUT2D eigenvalue weighted by Crippen LogP contribution is 2.20. The highest BCUT2D eigenvalue weighted by atomic mass is 35.5. The van der Waals surface area contributed by atoms with Crippen LogP contribution >= 0.6 is 11.6 Å². The Balaban J connectivity index is 0.000000194. The van der Waals surface area contributed by atoms with Crippen LogP contribution in [0.1, 0.15) is 22.5 Å². The van der Waals surface area contributed by atoms with Gasteiger partial charge in [-0.25, -0.2) is 18.1 Å². The normalized spacial score (nSPS) is 10.7. The van der Waals surface area contributed by atoms with E-state index in [4.69, 9.17) is 21.1 Å². The molecule has 0 aliphatic heterocycles. The Hall–Kier alpha value is -5.65. The van der Waals surface area contributed by atoms with Crippen LogP contribution in [-0.2, 0) is 25.6 Å². The third-order valence-corrected chi connectivity index (χ3v) is 7.92. The molecule has 0 aliphatic carbocycles. The minimum atomic E-state index is -0.376. The van der Waals surface area contributed by atoms with Crippen LogP contribution in [0.2, 0.25) is 0 Å². The Morgan fingerprint density at radius 1 is 0.620 bits per heavy atom. The summed E-state index contributed by atoms with van der Waals surface area (Å²) in [4.78, 5) is 25.5. The molecule has 50 heavy (non-hydrogen) atoms. The molecule has 2 heterocycles. The van der Waals surface area contributed by atoms with Gasteiger partial charge in [-0.15, -0.1) is 11.6 Å². The molecule has 9 nitrogen and oxygen atoms in total. The first-order valence-electron chi connectivity index (χ1n) is 15.4. The molecule has 0 saturated carbocycles. The Kier molecular flexibility index (Phi) is 11.9. The van der Waals surface area contributed by atoms with E-state index in [9.17, 15) is 23.5 Å². The number of methoxy groups -OCH3 is 2. The average Bonchev–Trinajstić information content (AvgIpc) is 3.15. The van der Waals surface area contributed by atoms with Gasteiger partial charge in [0.25, 0.3) is 11.1 Å². The fraction of sp³-hybridized carbons (Fsp3) is 0.158. The third kappa shape index (κ3) is 8.87. The van der Waals surface area contributed by atoms with Gasteiger partial charge in [0.05, 0.1) is 62.3 Å². The zero-order valence-corrected chi connectivity index (χ0v) is 28.0. The second-order valence-corrected chi connectivity index (χ2v) is 11.3. The molecule has 1 N–H and O–H groups in total. The molecule has 0 amide bonds. The van der Waals surface area contributed by atoms with Crippen LogP contribution in [0.4, 0.5) is 8.78 Å². The van der Waals surface area contributed by atoms with Gasteiger partial charge in [-0.2, -0.15) is 10.2 Å². The van der Waals surface area contributed by atoms with E-state index in [1.54, 1.807) is 44.6 Å². The number of aliphatic hydroxyl groups excluding tert-OH is 1. The van der Waals surface area contributed by atoms with E-state index in [2.05, 4.69) is 10.2 Å². The van der Waals surface area contributed by atoms with E-state index in [0.717, 1.165) is 22.6 Å². The number of benzene rings is 4. The molecular formula is C38H33ClF2N4O5. The molecule has 0 radical (unpaired) electrons. The lowest BCUT2D eigenvalue weighted by atomic mass is 10.1. The van der Waals surface area contributed by atoms with Gasteiger partial charge >= 0.3 is 0 Å². The molecule has 0 aliphatic rings. The number of hydrogen-bond donors (Lipinski definition) is 1. The number of nitrogens with zero attached hydrogens (tertiary/aromatic N) is 4. The van der Waals surface area contributed by atoms with E-state index in [1.807, 2.05) is 36.4 Å². The smallest absolute Gasteiger partial charge is 0.274 e. The number of aliphatic hydroxyl groups is 1. The highest BCUT2D eigenvalue weighted by molar-refractivity contribution is 6.16. The lowest BCUT2D eigenvalue weighted by Crippen LogP contribution is -2.26. The van der Waals surface area contributed by atoms with Crippen LogP contribution in [-0.4, -0.2) is 38.9 Å². The molecule has 4 aromatic carbocycles. The van der Waals surface area contributed by atoms with Crippen LogP contribution in [0.5, 0.6) is 11.5 Å². The second kappa shape index (κ2) is 16.6. The lowest BCUT2D eigenvalue weighted by molar-refractivity contribution is 0.273. The van der Waals surface area contributed by atoms with Crippen molar-refractivity contribution in [2.75, 3.05) is 14.2 Å². The molecule has 0 atom stereocenters. The summed E-state index contributed by atoms with van der Waals surface area (Å²) in [5.74, 6) is 0.912. The number of ether oxygens (including phenoxy) is 2. The van der Waals surface area contributed by atoms with Crippen LogP contribution in [0.3, 0.4) is 0 Å². The summed E-state index contributed by atoms with van der Waals surface area (Å²) in [5.41, 5.74) is 4.18. The van der Waals surface area contributed by atoms with Crippen molar-refractivity contribution in [2.24, 2.45) is 0 Å². The van der Waals surface area contributed by atoms with Crippen molar-refractivity contribution in [1.29, 1.82) is 0 Å². The van der Waals surface area contributed by atoms with E-state index in [0.29, 0.717) is 40.2 Å². The maximum Gasteiger partial charge on any atom is 0.274 e. The van der Waals surface area contributed by atoms with Crippen molar-refractivity contribution >= 4 is 11.6 Å². The summed E-state index contributed by atoms with van der Waals surface area (Å²) in [5, 5.41) is 17.9. The predicted octanol–water partition coefficient (Wildman–Crippen LogP) is 6.44. The maximum absolute atomic E-state index is 13.2. The first-order chi connectivity index (χ1) is 24.2. The molecule has 0 bridgehead atoms. The Morgan fingerprint density at radius 3 is 1.36 bits per heavy atom. The van der Waals surface area contributed by atoms with Crippen molar-refractivity contribution in [1.82, 2.24) is 19.6 Å². The first-order valence-corrected chi connectivity index (χ1v) is 15.9. The quantitative estimate of drug-likeness (QED) is 0.164. The van der Waals surface area contributed by atoms with E-state index in [-0.39, 0.29) is 41.8 Å². The van der Waals surface area contributed by atoms with E-state index < -0.39 is 0 Å². The minimum absolute atomic E-state index is 0.178. The first kappa shape index (κ1) is 35.7. The summed E-state index contributed by atoms with van der Waals surface area (Å²) in [7, 11) is 3.18. The topological polar surface area (TPSA) is 108 Å². The Bertz CT molecular complexity index is 2000. The lowest BCUT2D eigenvalue weighted by Gasteiger charge is -2.10. The van der Waals surface area contributed by atoms with Crippen LogP contribution in [0.15, 0.2) is 119 Å². The monoisotopic (exact) mass is 698 g/mol. The van der Waals surface area contributed by atoms with Gasteiger partial charge in [0.15, 0.2) is 0 Å². The van der Waals surface area contributed by atoms with Crippen LogP contribution in [0.25, 0.3) is 22.3 Å². The summed E-state index contributed by atoms with van der Waals surface area (Å²) >= 11 is 5.92. The number of aromatic nitrogens is 4. The Labute approximate surface area is 291 Å². The maximum atomic E-state index is 13.2. The van der Waals surface area contributed by atoms with Gasteiger partial charge in [-0.05, 0) is 82.9 Å². The molecule has 6 rings (SSSR count). The third-order valence-electron chi connectivity index (χ3n) is 7.64. The minimum Gasteiger partial charge on any atom is -0.497 e. The SMILES string of the molecule is COc1ccc(Cn2nc(CCl)cc(-c3ccc(F)cc3)c2=O)cc1.COc1ccc(Cn2nc(CO)cc(-c3ccc(F)cc3)c2=O)cc1. The zero-order chi connectivity index (χ0) is 35.6. The van der Waals surface area contributed by atoms with Crippen molar-refractivity contribution in [3.63, 3.8) is 0 Å². The van der Waals surface area contributed by atoms with Gasteiger partial charge in [0.2, 0.25) is 0 Å². The van der Waals surface area contributed by atoms with Crippen molar-refractivity contribution in [3.8, 4) is 33.8 Å². The van der Waals surface area contributed by atoms with Crippen molar-refractivity contribution in [2.45, 2.75) is 25.6 Å². The van der Waals surface area contributed by atoms with Crippen LogP contribution < -0.4 is 20.6 Å². The predicted molar refractivity (Wildman–Crippen MR) is 187 cm³/mol. The number of halogens is 3. The van der Waals surface area contributed by atoms with Crippen molar-refractivity contribution < 1.29 is 23.4 Å². The number of alkyl halides is 1. The fourth-order valence-corrected chi connectivity index (χ4v) is 5.16. The molecule has 6 aromatic rings. The summed E-state index contributed by atoms with van der Waals surface area (Å²) in [6.07, 6.45) is 0.